The van der Waals surface area contributed by atoms with Gasteiger partial charge in [-0.2, -0.15) is 0 Å². The van der Waals surface area contributed by atoms with E-state index in [1.165, 1.54) is 4.90 Å². The maximum absolute atomic E-state index is 11.9. The fraction of sp³-hybridized carbons (Fsp3) is 0.583. The van der Waals surface area contributed by atoms with E-state index in [0.29, 0.717) is 32.7 Å². The highest BCUT2D eigenvalue weighted by molar-refractivity contribution is 5.74. The first-order valence-electron chi connectivity index (χ1n) is 6.63. The number of imidazole rings is 1. The van der Waals surface area contributed by atoms with E-state index in [9.17, 15) is 9.59 Å². The number of carbonyl (C=O) groups is 2. The van der Waals surface area contributed by atoms with Crippen molar-refractivity contribution < 1.29 is 14.7 Å². The van der Waals surface area contributed by atoms with Crippen LogP contribution in [0.15, 0.2) is 18.7 Å². The van der Waals surface area contributed by atoms with Gasteiger partial charge in [0, 0.05) is 51.7 Å². The minimum Gasteiger partial charge on any atom is -0.465 e. The number of nitrogens with zero attached hydrogens (tertiary/aromatic N) is 4. The molecule has 8 heteroatoms. The molecule has 0 saturated carbocycles. The van der Waals surface area contributed by atoms with Crippen LogP contribution in [0.5, 0.6) is 0 Å². The summed E-state index contributed by atoms with van der Waals surface area (Å²) >= 11 is 0. The van der Waals surface area contributed by atoms with Crippen LogP contribution in [0.3, 0.4) is 0 Å². The molecule has 2 rings (SSSR count). The molecule has 0 aliphatic carbocycles. The average molecular weight is 281 g/mol. The Morgan fingerprint density at radius 3 is 2.50 bits per heavy atom. The lowest BCUT2D eigenvalue weighted by Crippen LogP contribution is -2.53. The second-order valence-electron chi connectivity index (χ2n) is 4.64. The second-order valence-corrected chi connectivity index (χ2v) is 4.64. The van der Waals surface area contributed by atoms with Gasteiger partial charge < -0.3 is 24.8 Å². The van der Waals surface area contributed by atoms with E-state index in [1.807, 2.05) is 10.8 Å². The van der Waals surface area contributed by atoms with Crippen molar-refractivity contribution in [2.24, 2.45) is 0 Å². The summed E-state index contributed by atoms with van der Waals surface area (Å²) in [5.74, 6) is 0. The molecule has 0 radical (unpaired) electrons. The van der Waals surface area contributed by atoms with Gasteiger partial charge in [0.05, 0.1) is 6.33 Å². The van der Waals surface area contributed by atoms with Crippen LogP contribution in [0.1, 0.15) is 6.42 Å². The van der Waals surface area contributed by atoms with Gasteiger partial charge >= 0.3 is 12.1 Å². The molecule has 0 atom stereocenters. The van der Waals surface area contributed by atoms with Crippen LogP contribution in [0.2, 0.25) is 0 Å². The number of nitrogens with one attached hydrogen (secondary N) is 1. The topological polar surface area (TPSA) is 90.7 Å². The van der Waals surface area contributed by atoms with Crippen molar-refractivity contribution in [3.63, 3.8) is 0 Å². The lowest BCUT2D eigenvalue weighted by molar-refractivity contribution is 0.112. The first-order chi connectivity index (χ1) is 9.66. The van der Waals surface area contributed by atoms with Crippen LogP contribution < -0.4 is 5.32 Å². The zero-order valence-corrected chi connectivity index (χ0v) is 11.2. The predicted octanol–water partition coefficient (Wildman–Crippen LogP) is 0.278. The summed E-state index contributed by atoms with van der Waals surface area (Å²) in [6.07, 6.45) is 5.25. The smallest absolute Gasteiger partial charge is 0.407 e. The Morgan fingerprint density at radius 2 is 1.90 bits per heavy atom. The molecule has 0 unspecified atom stereocenters. The number of rotatable bonds is 4. The minimum absolute atomic E-state index is 0.124. The molecule has 2 N–H and O–H groups in total. The molecule has 1 aliphatic rings. The van der Waals surface area contributed by atoms with Crippen LogP contribution in [0.25, 0.3) is 0 Å². The monoisotopic (exact) mass is 281 g/mol. The lowest BCUT2D eigenvalue weighted by atomic mass is 10.3. The molecule has 1 saturated heterocycles. The third kappa shape index (κ3) is 3.87. The van der Waals surface area contributed by atoms with Crippen molar-refractivity contribution >= 4 is 12.1 Å². The zero-order chi connectivity index (χ0) is 14.4. The van der Waals surface area contributed by atoms with E-state index in [2.05, 4.69) is 10.3 Å². The van der Waals surface area contributed by atoms with Gasteiger partial charge in [0.25, 0.3) is 0 Å². The molecule has 1 aromatic rings. The van der Waals surface area contributed by atoms with Gasteiger partial charge in [0.15, 0.2) is 0 Å². The summed E-state index contributed by atoms with van der Waals surface area (Å²) in [4.78, 5) is 29.5. The highest BCUT2D eigenvalue weighted by Crippen LogP contribution is 2.02. The zero-order valence-electron chi connectivity index (χ0n) is 11.2. The summed E-state index contributed by atoms with van der Waals surface area (Å²) in [6.45, 7) is 3.04. The molecule has 110 valence electrons. The quantitative estimate of drug-likeness (QED) is 0.775. The van der Waals surface area contributed by atoms with Gasteiger partial charge in [-0.1, -0.05) is 0 Å². The van der Waals surface area contributed by atoms with Crippen molar-refractivity contribution in [3.05, 3.63) is 18.7 Å². The van der Waals surface area contributed by atoms with Crippen molar-refractivity contribution in [1.29, 1.82) is 0 Å². The van der Waals surface area contributed by atoms with Crippen LogP contribution in [0.4, 0.5) is 9.59 Å². The van der Waals surface area contributed by atoms with Crippen molar-refractivity contribution in [3.8, 4) is 0 Å². The predicted molar refractivity (Wildman–Crippen MR) is 71.4 cm³/mol. The summed E-state index contributed by atoms with van der Waals surface area (Å²) < 4.78 is 1.96. The molecule has 0 aromatic carbocycles. The van der Waals surface area contributed by atoms with E-state index >= 15 is 0 Å². The van der Waals surface area contributed by atoms with E-state index in [-0.39, 0.29) is 6.03 Å². The number of carbonyl (C=O) groups excluding carboxylic acids is 1. The fourth-order valence-corrected chi connectivity index (χ4v) is 2.09. The van der Waals surface area contributed by atoms with Gasteiger partial charge in [-0.05, 0) is 6.42 Å². The molecule has 0 spiro atoms. The Hall–Kier alpha value is -2.25. The van der Waals surface area contributed by atoms with Crippen molar-refractivity contribution in [2.75, 3.05) is 32.7 Å². The van der Waals surface area contributed by atoms with Gasteiger partial charge in [-0.3, -0.25) is 0 Å². The highest BCUT2D eigenvalue weighted by Gasteiger charge is 2.23. The SMILES string of the molecule is O=C(O)N1CCN(C(=O)NCCCn2ccnc2)CC1. The molecular formula is C12H19N5O3. The number of carboxylic acid groups (broad SMARTS) is 1. The Balaban J connectivity index is 1.62. The van der Waals surface area contributed by atoms with E-state index in [1.54, 1.807) is 17.4 Å². The summed E-state index contributed by atoms with van der Waals surface area (Å²) in [5, 5.41) is 11.7. The third-order valence-corrected chi connectivity index (χ3v) is 3.27. The Labute approximate surface area is 117 Å². The van der Waals surface area contributed by atoms with Crippen LogP contribution >= 0.6 is 0 Å². The number of piperazine rings is 1. The van der Waals surface area contributed by atoms with Crippen molar-refractivity contribution in [2.45, 2.75) is 13.0 Å². The number of aromatic nitrogens is 2. The van der Waals surface area contributed by atoms with E-state index in [0.717, 1.165) is 13.0 Å². The Morgan fingerprint density at radius 1 is 1.20 bits per heavy atom. The molecule has 20 heavy (non-hydrogen) atoms. The number of hydrogen-bond acceptors (Lipinski definition) is 3. The molecular weight excluding hydrogens is 262 g/mol. The summed E-state index contributed by atoms with van der Waals surface area (Å²) in [7, 11) is 0. The lowest BCUT2D eigenvalue weighted by Gasteiger charge is -2.33. The average Bonchev–Trinajstić information content (AvgIpc) is 2.96. The maximum atomic E-state index is 11.9. The number of aryl methyl sites for hydroxylation is 1. The molecule has 1 aromatic heterocycles. The molecule has 0 bridgehead atoms. The standard InChI is InChI=1S/C12H19N5O3/c18-11(14-2-1-4-15-5-3-13-10-15)16-6-8-17(9-7-16)12(19)20/h3,5,10H,1-2,4,6-9H2,(H,14,18)(H,19,20). The number of urea groups is 1. The Kier molecular flexibility index (Phi) is 4.80. The molecule has 3 amide bonds. The van der Waals surface area contributed by atoms with Crippen LogP contribution in [-0.4, -0.2) is 69.3 Å². The molecule has 2 heterocycles. The first-order valence-corrected chi connectivity index (χ1v) is 6.63. The summed E-state index contributed by atoms with van der Waals surface area (Å²) in [6, 6.07) is -0.124. The Bertz CT molecular complexity index is 440. The molecule has 1 fully saturated rings. The fourth-order valence-electron chi connectivity index (χ4n) is 2.09. The molecule has 1 aliphatic heterocycles. The summed E-state index contributed by atoms with van der Waals surface area (Å²) in [5.41, 5.74) is 0. The van der Waals surface area contributed by atoms with E-state index in [4.69, 9.17) is 5.11 Å². The normalized spacial score (nSPS) is 15.2. The number of amides is 3. The highest BCUT2D eigenvalue weighted by atomic mass is 16.4. The van der Waals surface area contributed by atoms with Crippen LogP contribution in [0, 0.1) is 0 Å². The van der Waals surface area contributed by atoms with Crippen LogP contribution in [-0.2, 0) is 6.54 Å². The molecule has 8 nitrogen and oxygen atoms in total. The third-order valence-electron chi connectivity index (χ3n) is 3.27. The second kappa shape index (κ2) is 6.78. The largest absolute Gasteiger partial charge is 0.465 e. The van der Waals surface area contributed by atoms with Gasteiger partial charge in [0.2, 0.25) is 0 Å². The minimum atomic E-state index is -0.926. The maximum Gasteiger partial charge on any atom is 0.407 e. The number of hydrogen-bond donors (Lipinski definition) is 2. The van der Waals surface area contributed by atoms with Gasteiger partial charge in [0.1, 0.15) is 0 Å². The van der Waals surface area contributed by atoms with Crippen molar-refractivity contribution in [1.82, 2.24) is 24.7 Å². The van der Waals surface area contributed by atoms with E-state index < -0.39 is 6.09 Å². The first kappa shape index (κ1) is 14.2. The van der Waals surface area contributed by atoms with Gasteiger partial charge in [-0.25, -0.2) is 14.6 Å². The van der Waals surface area contributed by atoms with Gasteiger partial charge in [-0.15, -0.1) is 0 Å².